The molecule has 0 amide bonds. The van der Waals surface area contributed by atoms with Crippen molar-refractivity contribution < 1.29 is 14.1 Å². The molecule has 1 aromatic carbocycles. The van der Waals surface area contributed by atoms with Crippen molar-refractivity contribution in [2.45, 2.75) is 20.5 Å². The normalized spacial score (nSPS) is 10.2. The molecule has 88 valence electrons. The van der Waals surface area contributed by atoms with Gasteiger partial charge in [0, 0.05) is 5.56 Å². The summed E-state index contributed by atoms with van der Waals surface area (Å²) in [6, 6.07) is 8.85. The molecule has 1 heterocycles. The zero-order chi connectivity index (χ0) is 12.3. The van der Waals surface area contributed by atoms with E-state index in [1.807, 2.05) is 19.9 Å². The smallest absolute Gasteiger partial charge is 0.338 e. The van der Waals surface area contributed by atoms with Crippen molar-refractivity contribution in [2.75, 3.05) is 0 Å². The fourth-order valence-electron chi connectivity index (χ4n) is 1.39. The molecule has 4 nitrogen and oxygen atoms in total. The third kappa shape index (κ3) is 2.53. The van der Waals surface area contributed by atoms with Crippen LogP contribution in [0.25, 0.3) is 0 Å². The number of benzene rings is 1. The number of rotatable bonds is 3. The summed E-state index contributed by atoms with van der Waals surface area (Å²) in [7, 11) is 0. The van der Waals surface area contributed by atoms with Gasteiger partial charge in [-0.05, 0) is 26.0 Å². The SMILES string of the molecule is Cc1noc(COC(=O)c2ccccc2)c1C. The molecule has 0 aliphatic carbocycles. The second kappa shape index (κ2) is 4.82. The number of aromatic nitrogens is 1. The van der Waals surface area contributed by atoms with Crippen LogP contribution < -0.4 is 0 Å². The highest BCUT2D eigenvalue weighted by molar-refractivity contribution is 5.89. The molecule has 0 bridgehead atoms. The highest BCUT2D eigenvalue weighted by atomic mass is 16.5. The molecule has 0 aliphatic heterocycles. The molecule has 0 radical (unpaired) electrons. The van der Waals surface area contributed by atoms with E-state index in [1.54, 1.807) is 24.3 Å². The zero-order valence-electron chi connectivity index (χ0n) is 9.77. The highest BCUT2D eigenvalue weighted by Crippen LogP contribution is 2.13. The first-order chi connectivity index (χ1) is 8.18. The lowest BCUT2D eigenvalue weighted by molar-refractivity contribution is 0.0436. The lowest BCUT2D eigenvalue weighted by Gasteiger charge is -2.02. The van der Waals surface area contributed by atoms with Gasteiger partial charge in [0.2, 0.25) is 0 Å². The van der Waals surface area contributed by atoms with E-state index in [9.17, 15) is 4.79 Å². The van der Waals surface area contributed by atoms with Crippen molar-refractivity contribution >= 4 is 5.97 Å². The summed E-state index contributed by atoms with van der Waals surface area (Å²) in [6.07, 6.45) is 0. The topological polar surface area (TPSA) is 52.3 Å². The number of hydrogen-bond donors (Lipinski definition) is 0. The second-order valence-electron chi connectivity index (χ2n) is 3.76. The van der Waals surface area contributed by atoms with Gasteiger partial charge >= 0.3 is 5.97 Å². The fourth-order valence-corrected chi connectivity index (χ4v) is 1.39. The maximum absolute atomic E-state index is 11.7. The molecule has 0 N–H and O–H groups in total. The second-order valence-corrected chi connectivity index (χ2v) is 3.76. The average Bonchev–Trinajstić information content (AvgIpc) is 2.68. The Morgan fingerprint density at radius 3 is 2.59 bits per heavy atom. The summed E-state index contributed by atoms with van der Waals surface area (Å²) in [5.74, 6) is 0.228. The number of esters is 1. The summed E-state index contributed by atoms with van der Waals surface area (Å²) >= 11 is 0. The maximum Gasteiger partial charge on any atom is 0.338 e. The molecule has 0 unspecified atom stereocenters. The fraction of sp³-hybridized carbons (Fsp3) is 0.231. The Balaban J connectivity index is 2.00. The lowest BCUT2D eigenvalue weighted by atomic mass is 10.2. The summed E-state index contributed by atoms with van der Waals surface area (Å²) < 4.78 is 10.2. The van der Waals surface area contributed by atoms with Crippen LogP contribution in [-0.4, -0.2) is 11.1 Å². The predicted molar refractivity (Wildman–Crippen MR) is 61.5 cm³/mol. The molecule has 0 atom stereocenters. The van der Waals surface area contributed by atoms with E-state index < -0.39 is 0 Å². The Morgan fingerprint density at radius 1 is 1.29 bits per heavy atom. The van der Waals surface area contributed by atoms with Gasteiger partial charge in [-0.1, -0.05) is 23.4 Å². The molecule has 0 saturated heterocycles. The molecular formula is C13H13NO3. The summed E-state index contributed by atoms with van der Waals surface area (Å²) in [5, 5.41) is 3.80. The Hall–Kier alpha value is -2.10. The van der Waals surface area contributed by atoms with E-state index in [2.05, 4.69) is 5.16 Å². The van der Waals surface area contributed by atoms with E-state index in [0.717, 1.165) is 11.3 Å². The quantitative estimate of drug-likeness (QED) is 0.762. The van der Waals surface area contributed by atoms with Crippen LogP contribution in [0, 0.1) is 13.8 Å². The molecule has 2 rings (SSSR count). The number of carbonyl (C=O) groups is 1. The van der Waals surface area contributed by atoms with Crippen molar-refractivity contribution in [3.05, 3.63) is 52.9 Å². The first kappa shape index (κ1) is 11.4. The minimum absolute atomic E-state index is 0.112. The van der Waals surface area contributed by atoms with Crippen LogP contribution in [0.5, 0.6) is 0 Å². The van der Waals surface area contributed by atoms with Gasteiger partial charge in [0.05, 0.1) is 11.3 Å². The van der Waals surface area contributed by atoms with E-state index in [-0.39, 0.29) is 12.6 Å². The molecule has 17 heavy (non-hydrogen) atoms. The summed E-state index contributed by atoms with van der Waals surface area (Å²) in [6.45, 7) is 3.85. The van der Waals surface area contributed by atoms with Gasteiger partial charge in [-0.25, -0.2) is 4.79 Å². The summed E-state index contributed by atoms with van der Waals surface area (Å²) in [4.78, 5) is 11.7. The molecule has 2 aromatic rings. The monoisotopic (exact) mass is 231 g/mol. The van der Waals surface area contributed by atoms with Crippen LogP contribution in [0.4, 0.5) is 0 Å². The van der Waals surface area contributed by atoms with Crippen LogP contribution in [0.3, 0.4) is 0 Å². The van der Waals surface area contributed by atoms with Crippen LogP contribution in [0.15, 0.2) is 34.9 Å². The molecule has 0 saturated carbocycles. The Kier molecular flexibility index (Phi) is 3.23. The Bertz CT molecular complexity index is 517. The third-order valence-corrected chi connectivity index (χ3v) is 2.60. The standard InChI is InChI=1S/C13H13NO3/c1-9-10(2)14-17-12(9)8-16-13(15)11-6-4-3-5-7-11/h3-7H,8H2,1-2H3. The number of aryl methyl sites for hydroxylation is 1. The molecule has 4 heteroatoms. The number of ether oxygens (including phenoxy) is 1. The largest absolute Gasteiger partial charge is 0.454 e. The van der Waals surface area contributed by atoms with E-state index in [1.165, 1.54) is 0 Å². The van der Waals surface area contributed by atoms with Gasteiger partial charge in [0.1, 0.15) is 0 Å². The number of hydrogen-bond acceptors (Lipinski definition) is 4. The molecule has 0 aliphatic rings. The number of carbonyl (C=O) groups excluding carboxylic acids is 1. The third-order valence-electron chi connectivity index (χ3n) is 2.60. The lowest BCUT2D eigenvalue weighted by Crippen LogP contribution is -2.05. The van der Waals surface area contributed by atoms with Crippen LogP contribution in [0.2, 0.25) is 0 Å². The summed E-state index contributed by atoms with van der Waals surface area (Å²) in [5.41, 5.74) is 2.27. The van der Waals surface area contributed by atoms with Crippen molar-refractivity contribution in [3.8, 4) is 0 Å². The first-order valence-electron chi connectivity index (χ1n) is 5.32. The molecular weight excluding hydrogens is 218 g/mol. The van der Waals surface area contributed by atoms with E-state index in [0.29, 0.717) is 11.3 Å². The van der Waals surface area contributed by atoms with Gasteiger partial charge in [-0.2, -0.15) is 0 Å². The van der Waals surface area contributed by atoms with Gasteiger partial charge in [0.25, 0.3) is 0 Å². The minimum atomic E-state index is -0.362. The predicted octanol–water partition coefficient (Wildman–Crippen LogP) is 2.65. The van der Waals surface area contributed by atoms with Gasteiger partial charge in [-0.15, -0.1) is 0 Å². The molecule has 0 fully saturated rings. The van der Waals surface area contributed by atoms with Gasteiger partial charge < -0.3 is 9.26 Å². The van der Waals surface area contributed by atoms with Crippen LogP contribution in [-0.2, 0) is 11.3 Å². The highest BCUT2D eigenvalue weighted by Gasteiger charge is 2.12. The van der Waals surface area contributed by atoms with Crippen molar-refractivity contribution in [3.63, 3.8) is 0 Å². The zero-order valence-corrected chi connectivity index (χ0v) is 9.77. The first-order valence-corrected chi connectivity index (χ1v) is 5.32. The molecule has 1 aromatic heterocycles. The van der Waals surface area contributed by atoms with E-state index >= 15 is 0 Å². The van der Waals surface area contributed by atoms with Crippen molar-refractivity contribution in [2.24, 2.45) is 0 Å². The van der Waals surface area contributed by atoms with E-state index in [4.69, 9.17) is 9.26 Å². The molecule has 0 spiro atoms. The van der Waals surface area contributed by atoms with Crippen LogP contribution >= 0.6 is 0 Å². The Morgan fingerprint density at radius 2 is 2.00 bits per heavy atom. The average molecular weight is 231 g/mol. The Labute approximate surface area is 99.2 Å². The van der Waals surface area contributed by atoms with Gasteiger partial charge in [0.15, 0.2) is 12.4 Å². The van der Waals surface area contributed by atoms with Crippen LogP contribution in [0.1, 0.15) is 27.4 Å². The minimum Gasteiger partial charge on any atom is -0.454 e. The van der Waals surface area contributed by atoms with Crippen molar-refractivity contribution in [1.82, 2.24) is 5.16 Å². The van der Waals surface area contributed by atoms with Crippen molar-refractivity contribution in [1.29, 1.82) is 0 Å². The van der Waals surface area contributed by atoms with Gasteiger partial charge in [-0.3, -0.25) is 0 Å². The maximum atomic E-state index is 11.7. The number of nitrogens with zero attached hydrogens (tertiary/aromatic N) is 1.